The molecular formula is C6H4N2O3. The number of nitrogens with zero attached hydrogens (tertiary/aromatic N) is 1. The van der Waals surface area contributed by atoms with Crippen LogP contribution >= 0.6 is 0 Å². The Balaban J connectivity index is 2.46. The molecule has 0 radical (unpaired) electrons. The summed E-state index contributed by atoms with van der Waals surface area (Å²) in [6.45, 7) is 0.231. The molecule has 1 N–H and O–H groups in total. The van der Waals surface area contributed by atoms with Crippen LogP contribution in [0.25, 0.3) is 11.1 Å². The van der Waals surface area contributed by atoms with Crippen LogP contribution in [0.4, 0.5) is 0 Å². The lowest BCUT2D eigenvalue weighted by molar-refractivity contribution is 0.154. The van der Waals surface area contributed by atoms with E-state index in [1.54, 1.807) is 6.20 Å². The van der Waals surface area contributed by atoms with Crippen LogP contribution in [0.1, 0.15) is 0 Å². The summed E-state index contributed by atoms with van der Waals surface area (Å²) in [6.07, 6.45) is 1.65. The van der Waals surface area contributed by atoms with E-state index in [-0.39, 0.29) is 6.79 Å². The monoisotopic (exact) mass is 152 g/mol. The summed E-state index contributed by atoms with van der Waals surface area (Å²) in [6, 6.07) is 0. The normalized spacial score (nSPS) is 14.5. The van der Waals surface area contributed by atoms with Crippen molar-refractivity contribution in [3.8, 4) is 11.7 Å². The molecule has 0 atom stereocenters. The third kappa shape index (κ3) is 0.485. The van der Waals surface area contributed by atoms with Gasteiger partial charge < -0.3 is 13.9 Å². The largest absolute Gasteiger partial charge is 0.449 e. The van der Waals surface area contributed by atoms with Crippen molar-refractivity contribution in [2.24, 2.45) is 0 Å². The molecule has 0 spiro atoms. The number of hydrogen-bond donors (Lipinski definition) is 1. The van der Waals surface area contributed by atoms with Gasteiger partial charge in [0.2, 0.25) is 18.3 Å². The lowest BCUT2D eigenvalue weighted by atomic mass is 10.4. The number of hydrogen-bond acceptors (Lipinski definition) is 4. The molecule has 0 fully saturated rings. The van der Waals surface area contributed by atoms with E-state index in [1.807, 2.05) is 0 Å². The molecule has 0 aliphatic carbocycles. The number of ether oxygens (including phenoxy) is 2. The summed E-state index contributed by atoms with van der Waals surface area (Å²) in [4.78, 5) is 0. The smallest absolute Gasteiger partial charge is 0.334 e. The van der Waals surface area contributed by atoms with E-state index < -0.39 is 0 Å². The lowest BCUT2D eigenvalue weighted by Crippen LogP contribution is -1.93. The second kappa shape index (κ2) is 1.50. The maximum atomic E-state index is 5.19. The fraction of sp³-hybridized carbons (Fsp3) is 0.167. The van der Waals surface area contributed by atoms with Gasteiger partial charge in [0, 0.05) is 0 Å². The molecule has 5 heteroatoms. The van der Waals surface area contributed by atoms with Gasteiger partial charge in [0.15, 0.2) is 0 Å². The van der Waals surface area contributed by atoms with Gasteiger partial charge in [-0.05, 0) is 0 Å². The SMILES string of the molecule is c1n[nH]c2oc3c(c12)OCO3. The van der Waals surface area contributed by atoms with Crippen LogP contribution < -0.4 is 9.47 Å². The molecule has 1 aliphatic heterocycles. The fourth-order valence-corrected chi connectivity index (χ4v) is 1.14. The average molecular weight is 152 g/mol. The minimum Gasteiger partial charge on any atom is -0.449 e. The van der Waals surface area contributed by atoms with Crippen molar-refractivity contribution in [2.75, 3.05) is 6.79 Å². The number of aromatic amines is 1. The standard InChI is InChI=1S/C6H4N2O3/c1-3-4-6(10-2-9-4)11-5(3)8-7-1/h1H,2H2,(H,7,8). The minimum absolute atomic E-state index is 0.231. The molecule has 56 valence electrons. The molecule has 2 aromatic heterocycles. The summed E-state index contributed by atoms with van der Waals surface area (Å²) < 4.78 is 15.3. The summed E-state index contributed by atoms with van der Waals surface area (Å²) in [7, 11) is 0. The second-order valence-corrected chi connectivity index (χ2v) is 2.24. The number of furan rings is 1. The van der Waals surface area contributed by atoms with E-state index in [0.29, 0.717) is 17.4 Å². The first kappa shape index (κ1) is 5.06. The Hall–Kier alpha value is -1.65. The van der Waals surface area contributed by atoms with Crippen LogP contribution in [-0.2, 0) is 0 Å². The predicted molar refractivity (Wildman–Crippen MR) is 34.5 cm³/mol. The van der Waals surface area contributed by atoms with Crippen LogP contribution in [0.5, 0.6) is 11.7 Å². The summed E-state index contributed by atoms with van der Waals surface area (Å²) >= 11 is 0. The Kier molecular flexibility index (Phi) is 0.689. The van der Waals surface area contributed by atoms with E-state index in [9.17, 15) is 0 Å². The highest BCUT2D eigenvalue weighted by molar-refractivity contribution is 5.83. The van der Waals surface area contributed by atoms with Gasteiger partial charge in [-0.15, -0.1) is 0 Å². The minimum atomic E-state index is 0.231. The highest BCUT2D eigenvalue weighted by Gasteiger charge is 2.23. The Morgan fingerprint density at radius 1 is 1.45 bits per heavy atom. The first-order chi connectivity index (χ1) is 5.45. The Bertz CT molecular complexity index is 403. The first-order valence-electron chi connectivity index (χ1n) is 3.16. The summed E-state index contributed by atoms with van der Waals surface area (Å²) in [5.41, 5.74) is 0.592. The molecule has 3 heterocycles. The second-order valence-electron chi connectivity index (χ2n) is 2.24. The third-order valence-corrected chi connectivity index (χ3v) is 1.62. The molecule has 11 heavy (non-hydrogen) atoms. The number of H-pyrrole nitrogens is 1. The Morgan fingerprint density at radius 2 is 2.45 bits per heavy atom. The third-order valence-electron chi connectivity index (χ3n) is 1.62. The molecule has 2 aromatic rings. The van der Waals surface area contributed by atoms with Crippen molar-refractivity contribution in [1.82, 2.24) is 10.2 Å². The maximum absolute atomic E-state index is 5.19. The van der Waals surface area contributed by atoms with Gasteiger partial charge in [0.25, 0.3) is 0 Å². The van der Waals surface area contributed by atoms with Gasteiger partial charge in [0.1, 0.15) is 5.39 Å². The Morgan fingerprint density at radius 3 is 3.45 bits per heavy atom. The number of aromatic nitrogens is 2. The van der Waals surface area contributed by atoms with Crippen LogP contribution in [0.3, 0.4) is 0 Å². The molecule has 5 nitrogen and oxygen atoms in total. The topological polar surface area (TPSA) is 60.3 Å². The molecule has 0 unspecified atom stereocenters. The van der Waals surface area contributed by atoms with E-state index >= 15 is 0 Å². The molecule has 0 saturated carbocycles. The van der Waals surface area contributed by atoms with Crippen molar-refractivity contribution >= 4 is 11.1 Å². The fourth-order valence-electron chi connectivity index (χ4n) is 1.14. The van der Waals surface area contributed by atoms with Gasteiger partial charge in [0.05, 0.1) is 6.20 Å². The van der Waals surface area contributed by atoms with E-state index in [0.717, 1.165) is 5.39 Å². The lowest BCUT2D eigenvalue weighted by Gasteiger charge is -1.87. The molecule has 0 aromatic carbocycles. The van der Waals surface area contributed by atoms with Crippen molar-refractivity contribution in [1.29, 1.82) is 0 Å². The van der Waals surface area contributed by atoms with Crippen molar-refractivity contribution in [3.63, 3.8) is 0 Å². The van der Waals surface area contributed by atoms with Crippen LogP contribution in [0, 0.1) is 0 Å². The molecule has 1 aliphatic rings. The number of rotatable bonds is 0. The van der Waals surface area contributed by atoms with Crippen molar-refractivity contribution in [3.05, 3.63) is 6.20 Å². The van der Waals surface area contributed by atoms with E-state index in [1.165, 1.54) is 0 Å². The Labute approximate surface area is 60.9 Å². The van der Waals surface area contributed by atoms with E-state index in [2.05, 4.69) is 10.2 Å². The van der Waals surface area contributed by atoms with Crippen molar-refractivity contribution < 1.29 is 13.9 Å². The summed E-state index contributed by atoms with van der Waals surface area (Å²) in [5.74, 6) is 1.09. The van der Waals surface area contributed by atoms with Gasteiger partial charge in [-0.1, -0.05) is 0 Å². The molecule has 0 bridgehead atoms. The zero-order chi connectivity index (χ0) is 7.26. The van der Waals surface area contributed by atoms with Gasteiger partial charge >= 0.3 is 5.95 Å². The van der Waals surface area contributed by atoms with Gasteiger partial charge in [-0.25, -0.2) is 5.10 Å². The van der Waals surface area contributed by atoms with E-state index in [4.69, 9.17) is 13.9 Å². The van der Waals surface area contributed by atoms with Crippen LogP contribution in [0.15, 0.2) is 10.6 Å². The van der Waals surface area contributed by atoms with Gasteiger partial charge in [-0.2, -0.15) is 5.10 Å². The first-order valence-corrected chi connectivity index (χ1v) is 3.16. The number of fused-ring (bicyclic) bond motifs is 3. The zero-order valence-electron chi connectivity index (χ0n) is 5.46. The van der Waals surface area contributed by atoms with Gasteiger partial charge in [-0.3, -0.25) is 0 Å². The van der Waals surface area contributed by atoms with Crippen LogP contribution in [-0.4, -0.2) is 17.0 Å². The highest BCUT2D eigenvalue weighted by atomic mass is 16.7. The zero-order valence-corrected chi connectivity index (χ0v) is 5.46. The average Bonchev–Trinajstić information content (AvgIpc) is 2.52. The molecule has 0 saturated heterocycles. The maximum Gasteiger partial charge on any atom is 0.334 e. The summed E-state index contributed by atoms with van der Waals surface area (Å²) in [5, 5.41) is 7.29. The van der Waals surface area contributed by atoms with Crippen molar-refractivity contribution in [2.45, 2.75) is 0 Å². The predicted octanol–water partition coefficient (Wildman–Crippen LogP) is 0.885. The highest BCUT2D eigenvalue weighted by Crippen LogP contribution is 2.40. The number of nitrogens with one attached hydrogen (secondary N) is 1. The molecule has 3 rings (SSSR count). The molecule has 0 amide bonds. The van der Waals surface area contributed by atoms with Crippen LogP contribution in [0.2, 0.25) is 0 Å². The quantitative estimate of drug-likeness (QED) is 0.608. The molecular weight excluding hydrogens is 148 g/mol.